The number of hydrogen-bond acceptors (Lipinski definition) is 1. The van der Waals surface area contributed by atoms with Gasteiger partial charge in [-0.05, 0) is 12.1 Å². The van der Waals surface area contributed by atoms with Crippen LogP contribution >= 0.6 is 11.6 Å². The molecule has 11 heavy (non-hydrogen) atoms. The van der Waals surface area contributed by atoms with E-state index in [1.807, 2.05) is 0 Å². The van der Waals surface area contributed by atoms with E-state index in [0.29, 0.717) is 0 Å². The SMILES string of the molecule is N#Cc1cc(Cl)cc(F)c1F. The van der Waals surface area contributed by atoms with Crippen molar-refractivity contribution in [1.29, 1.82) is 5.26 Å². The fraction of sp³-hybridized carbons (Fsp3) is 0. The van der Waals surface area contributed by atoms with Gasteiger partial charge in [-0.1, -0.05) is 11.6 Å². The Kier molecular flexibility index (Phi) is 2.06. The van der Waals surface area contributed by atoms with Crippen molar-refractivity contribution in [1.82, 2.24) is 0 Å². The van der Waals surface area contributed by atoms with Gasteiger partial charge in [0, 0.05) is 5.02 Å². The first-order valence-electron chi connectivity index (χ1n) is 2.70. The van der Waals surface area contributed by atoms with E-state index >= 15 is 0 Å². The largest absolute Gasteiger partial charge is 0.204 e. The van der Waals surface area contributed by atoms with Crippen molar-refractivity contribution in [3.05, 3.63) is 34.4 Å². The molecule has 0 aliphatic rings. The van der Waals surface area contributed by atoms with Crippen LogP contribution in [-0.4, -0.2) is 0 Å². The molecule has 1 aromatic rings. The summed E-state index contributed by atoms with van der Waals surface area (Å²) in [5, 5.41) is 8.27. The van der Waals surface area contributed by atoms with Gasteiger partial charge in [-0.3, -0.25) is 0 Å². The molecule has 0 aliphatic heterocycles. The van der Waals surface area contributed by atoms with Gasteiger partial charge < -0.3 is 0 Å². The third-order valence-corrected chi connectivity index (χ3v) is 1.33. The van der Waals surface area contributed by atoms with Crippen LogP contribution in [0.15, 0.2) is 12.1 Å². The number of halogens is 3. The molecule has 0 atom stereocenters. The summed E-state index contributed by atoms with van der Waals surface area (Å²) in [6, 6.07) is 3.36. The zero-order chi connectivity index (χ0) is 8.43. The number of hydrogen-bond donors (Lipinski definition) is 0. The Bertz CT molecular complexity index is 330. The van der Waals surface area contributed by atoms with Crippen molar-refractivity contribution in [3.63, 3.8) is 0 Å². The first-order valence-corrected chi connectivity index (χ1v) is 3.07. The molecule has 0 spiro atoms. The van der Waals surface area contributed by atoms with Crippen LogP contribution in [0.25, 0.3) is 0 Å². The molecule has 0 N–H and O–H groups in total. The molecular weight excluding hydrogens is 172 g/mol. The van der Waals surface area contributed by atoms with Crippen molar-refractivity contribution in [2.75, 3.05) is 0 Å². The zero-order valence-corrected chi connectivity index (χ0v) is 5.99. The lowest BCUT2D eigenvalue weighted by Crippen LogP contribution is -1.88. The lowest BCUT2D eigenvalue weighted by atomic mass is 10.2. The fourth-order valence-corrected chi connectivity index (χ4v) is 0.842. The lowest BCUT2D eigenvalue weighted by molar-refractivity contribution is 0.506. The molecule has 0 aromatic heterocycles. The molecule has 0 saturated heterocycles. The van der Waals surface area contributed by atoms with Crippen LogP contribution in [0.1, 0.15) is 5.56 Å². The van der Waals surface area contributed by atoms with Gasteiger partial charge in [0.25, 0.3) is 0 Å². The Labute approximate surface area is 66.8 Å². The summed E-state index contributed by atoms with van der Waals surface area (Å²) in [6.07, 6.45) is 0. The molecule has 0 fully saturated rings. The summed E-state index contributed by atoms with van der Waals surface area (Å²) in [4.78, 5) is 0. The maximum atomic E-state index is 12.5. The molecule has 0 bridgehead atoms. The average molecular weight is 174 g/mol. The van der Waals surface area contributed by atoms with Crippen molar-refractivity contribution in [2.45, 2.75) is 0 Å². The van der Waals surface area contributed by atoms with Crippen molar-refractivity contribution >= 4 is 11.6 Å². The van der Waals surface area contributed by atoms with Gasteiger partial charge in [0.15, 0.2) is 11.6 Å². The van der Waals surface area contributed by atoms with E-state index in [2.05, 4.69) is 0 Å². The maximum absolute atomic E-state index is 12.5. The standard InChI is InChI=1S/C7H2ClF2N/c8-5-1-4(3-11)7(10)6(9)2-5/h1-2H. The summed E-state index contributed by atoms with van der Waals surface area (Å²) in [5.41, 5.74) is -0.380. The highest BCUT2D eigenvalue weighted by molar-refractivity contribution is 6.30. The first-order chi connectivity index (χ1) is 5.15. The van der Waals surface area contributed by atoms with Crippen LogP contribution < -0.4 is 0 Å². The second-order valence-electron chi connectivity index (χ2n) is 1.86. The number of benzene rings is 1. The molecule has 1 rings (SSSR count). The van der Waals surface area contributed by atoms with Crippen molar-refractivity contribution < 1.29 is 8.78 Å². The molecule has 0 aliphatic carbocycles. The monoisotopic (exact) mass is 173 g/mol. The molecule has 0 heterocycles. The molecule has 0 saturated carbocycles. The molecule has 0 amide bonds. The summed E-state index contributed by atoms with van der Waals surface area (Å²) in [7, 11) is 0. The van der Waals surface area contributed by atoms with E-state index in [-0.39, 0.29) is 10.6 Å². The van der Waals surface area contributed by atoms with E-state index in [1.165, 1.54) is 6.07 Å². The summed E-state index contributed by atoms with van der Waals surface area (Å²) in [5.74, 6) is -2.26. The molecular formula is C7H2ClF2N. The van der Waals surface area contributed by atoms with Gasteiger partial charge in [0.2, 0.25) is 0 Å². The zero-order valence-electron chi connectivity index (χ0n) is 5.24. The predicted octanol–water partition coefficient (Wildman–Crippen LogP) is 2.49. The molecule has 56 valence electrons. The van der Waals surface area contributed by atoms with Gasteiger partial charge in [0.1, 0.15) is 6.07 Å². The van der Waals surface area contributed by atoms with E-state index < -0.39 is 11.6 Å². The maximum Gasteiger partial charge on any atom is 0.176 e. The van der Waals surface area contributed by atoms with Gasteiger partial charge in [-0.15, -0.1) is 0 Å². The summed E-state index contributed by atoms with van der Waals surface area (Å²) in [6.45, 7) is 0. The summed E-state index contributed by atoms with van der Waals surface area (Å²) < 4.78 is 24.9. The first kappa shape index (κ1) is 7.96. The van der Waals surface area contributed by atoms with Crippen LogP contribution in [0.4, 0.5) is 8.78 Å². The summed E-state index contributed by atoms with van der Waals surface area (Å²) >= 11 is 5.34. The number of nitriles is 1. The van der Waals surface area contributed by atoms with E-state index in [1.54, 1.807) is 0 Å². The van der Waals surface area contributed by atoms with Crippen molar-refractivity contribution in [3.8, 4) is 6.07 Å². The topological polar surface area (TPSA) is 23.8 Å². The normalized spacial score (nSPS) is 9.27. The Morgan fingerprint density at radius 2 is 2.00 bits per heavy atom. The third-order valence-electron chi connectivity index (χ3n) is 1.11. The van der Waals surface area contributed by atoms with Gasteiger partial charge in [0.05, 0.1) is 5.56 Å². The van der Waals surface area contributed by atoms with Gasteiger partial charge in [-0.25, -0.2) is 8.78 Å². The molecule has 1 nitrogen and oxygen atoms in total. The van der Waals surface area contributed by atoms with E-state index in [9.17, 15) is 8.78 Å². The highest BCUT2D eigenvalue weighted by Crippen LogP contribution is 2.17. The highest BCUT2D eigenvalue weighted by atomic mass is 35.5. The number of nitrogens with zero attached hydrogens (tertiary/aromatic N) is 1. The Morgan fingerprint density at radius 3 is 2.55 bits per heavy atom. The van der Waals surface area contributed by atoms with Crippen LogP contribution in [-0.2, 0) is 0 Å². The lowest BCUT2D eigenvalue weighted by Gasteiger charge is -1.95. The second kappa shape index (κ2) is 2.85. The quantitative estimate of drug-likeness (QED) is 0.553. The fourth-order valence-electron chi connectivity index (χ4n) is 0.637. The minimum Gasteiger partial charge on any atom is -0.204 e. The van der Waals surface area contributed by atoms with Crippen LogP contribution in [0.3, 0.4) is 0 Å². The molecule has 4 heteroatoms. The van der Waals surface area contributed by atoms with Crippen LogP contribution in [0, 0.1) is 23.0 Å². The number of rotatable bonds is 0. The van der Waals surface area contributed by atoms with Gasteiger partial charge in [-0.2, -0.15) is 5.26 Å². The third kappa shape index (κ3) is 1.47. The second-order valence-corrected chi connectivity index (χ2v) is 2.30. The Balaban J connectivity index is 3.39. The van der Waals surface area contributed by atoms with Gasteiger partial charge >= 0.3 is 0 Å². The average Bonchev–Trinajstić information content (AvgIpc) is 1.96. The van der Waals surface area contributed by atoms with Crippen LogP contribution in [0.5, 0.6) is 0 Å². The Hall–Kier alpha value is -1.14. The molecule has 1 aromatic carbocycles. The van der Waals surface area contributed by atoms with Crippen molar-refractivity contribution in [2.24, 2.45) is 0 Å². The van der Waals surface area contributed by atoms with E-state index in [4.69, 9.17) is 16.9 Å². The predicted molar refractivity (Wildman–Crippen MR) is 36.1 cm³/mol. The molecule has 0 radical (unpaired) electrons. The minimum atomic E-state index is -1.16. The van der Waals surface area contributed by atoms with Crippen LogP contribution in [0.2, 0.25) is 5.02 Å². The Morgan fingerprint density at radius 1 is 1.36 bits per heavy atom. The smallest absolute Gasteiger partial charge is 0.176 e. The highest BCUT2D eigenvalue weighted by Gasteiger charge is 2.08. The molecule has 0 unspecified atom stereocenters. The minimum absolute atomic E-state index is 0.0143. The van der Waals surface area contributed by atoms with E-state index in [0.717, 1.165) is 12.1 Å².